The van der Waals surface area contributed by atoms with Crippen molar-refractivity contribution in [1.82, 2.24) is 10.2 Å². The van der Waals surface area contributed by atoms with Crippen LogP contribution in [0.1, 0.15) is 46.5 Å². The van der Waals surface area contributed by atoms with E-state index in [0.717, 1.165) is 25.9 Å². The number of hydrogen-bond acceptors (Lipinski definition) is 4. The number of aliphatic hydroxyl groups is 1. The van der Waals surface area contributed by atoms with Crippen molar-refractivity contribution in [2.75, 3.05) is 26.2 Å². The fourth-order valence-electron chi connectivity index (χ4n) is 3.30. The van der Waals surface area contributed by atoms with E-state index in [1.807, 2.05) is 25.7 Å². The first-order chi connectivity index (χ1) is 9.34. The number of hydrogen-bond donors (Lipinski definition) is 2. The standard InChI is InChI=1S/C15H28N2O3/c1-14(2,3)20-13(19)17-7-4-15(5-8-17)10-12(11-15)16-6-9-18/h12,16,18H,4-11H2,1-3H3. The molecule has 0 radical (unpaired) electrons. The molecule has 1 aliphatic carbocycles. The number of ether oxygens (including phenoxy) is 1. The zero-order valence-electron chi connectivity index (χ0n) is 12.9. The van der Waals surface area contributed by atoms with Crippen LogP contribution in [0.15, 0.2) is 0 Å². The molecule has 1 saturated carbocycles. The lowest BCUT2D eigenvalue weighted by Crippen LogP contribution is -2.55. The van der Waals surface area contributed by atoms with Gasteiger partial charge in [0.05, 0.1) is 6.61 Å². The molecule has 1 spiro atoms. The first-order valence-corrected chi connectivity index (χ1v) is 7.66. The molecule has 1 saturated heterocycles. The van der Waals surface area contributed by atoms with Gasteiger partial charge >= 0.3 is 6.09 Å². The second-order valence-electron chi connectivity index (χ2n) is 7.25. The molecule has 0 aromatic rings. The molecule has 0 atom stereocenters. The SMILES string of the molecule is CC(C)(C)OC(=O)N1CCC2(CC1)CC(NCCO)C2. The van der Waals surface area contributed by atoms with Crippen LogP contribution in [0.5, 0.6) is 0 Å². The van der Waals surface area contributed by atoms with Crippen molar-refractivity contribution in [2.24, 2.45) is 5.41 Å². The Morgan fingerprint density at radius 1 is 1.35 bits per heavy atom. The van der Waals surface area contributed by atoms with Gasteiger partial charge in [-0.3, -0.25) is 0 Å². The summed E-state index contributed by atoms with van der Waals surface area (Å²) in [6.45, 7) is 8.21. The van der Waals surface area contributed by atoms with Gasteiger partial charge in [0.1, 0.15) is 5.60 Å². The fraction of sp³-hybridized carbons (Fsp3) is 0.933. The number of carbonyl (C=O) groups excluding carboxylic acids is 1. The molecular weight excluding hydrogens is 256 g/mol. The number of piperidine rings is 1. The minimum absolute atomic E-state index is 0.179. The molecule has 20 heavy (non-hydrogen) atoms. The predicted molar refractivity (Wildman–Crippen MR) is 77.6 cm³/mol. The maximum absolute atomic E-state index is 12.0. The van der Waals surface area contributed by atoms with Crippen LogP contribution >= 0.6 is 0 Å². The van der Waals surface area contributed by atoms with E-state index < -0.39 is 5.60 Å². The smallest absolute Gasteiger partial charge is 0.410 e. The van der Waals surface area contributed by atoms with E-state index >= 15 is 0 Å². The Labute approximate surface area is 121 Å². The van der Waals surface area contributed by atoms with Gasteiger partial charge in [0.25, 0.3) is 0 Å². The molecule has 2 aliphatic rings. The Bertz CT molecular complexity index is 336. The van der Waals surface area contributed by atoms with Crippen LogP contribution in [0.25, 0.3) is 0 Å². The molecule has 5 heteroatoms. The molecule has 5 nitrogen and oxygen atoms in total. The van der Waals surface area contributed by atoms with E-state index in [-0.39, 0.29) is 12.7 Å². The third-order valence-corrected chi connectivity index (χ3v) is 4.38. The highest BCUT2D eigenvalue weighted by Gasteiger charge is 2.46. The average molecular weight is 284 g/mol. The summed E-state index contributed by atoms with van der Waals surface area (Å²) in [5.74, 6) is 0. The summed E-state index contributed by atoms with van der Waals surface area (Å²) in [5, 5.41) is 12.2. The van der Waals surface area contributed by atoms with Crippen molar-refractivity contribution >= 4 is 6.09 Å². The molecule has 1 aliphatic heterocycles. The summed E-state index contributed by atoms with van der Waals surface area (Å²) >= 11 is 0. The third-order valence-electron chi connectivity index (χ3n) is 4.38. The largest absolute Gasteiger partial charge is 0.444 e. The molecule has 0 aromatic carbocycles. The molecule has 116 valence electrons. The number of nitrogens with one attached hydrogen (secondary N) is 1. The highest BCUT2D eigenvalue weighted by molar-refractivity contribution is 5.68. The second-order valence-corrected chi connectivity index (χ2v) is 7.25. The van der Waals surface area contributed by atoms with Crippen LogP contribution in [0.2, 0.25) is 0 Å². The monoisotopic (exact) mass is 284 g/mol. The van der Waals surface area contributed by atoms with Gasteiger partial charge < -0.3 is 20.1 Å². The summed E-state index contributed by atoms with van der Waals surface area (Å²) in [7, 11) is 0. The molecule has 2 rings (SSSR count). The van der Waals surface area contributed by atoms with Gasteiger partial charge in [-0.25, -0.2) is 4.79 Å². The number of aliphatic hydroxyl groups excluding tert-OH is 1. The van der Waals surface area contributed by atoms with E-state index in [1.54, 1.807) is 0 Å². The summed E-state index contributed by atoms with van der Waals surface area (Å²) in [6, 6.07) is 0.551. The van der Waals surface area contributed by atoms with E-state index in [2.05, 4.69) is 5.32 Å². The van der Waals surface area contributed by atoms with E-state index in [1.165, 1.54) is 12.8 Å². The minimum Gasteiger partial charge on any atom is -0.444 e. The zero-order chi connectivity index (χ0) is 14.8. The lowest BCUT2D eigenvalue weighted by Gasteiger charge is -2.52. The Morgan fingerprint density at radius 3 is 2.45 bits per heavy atom. The molecule has 1 amide bonds. The van der Waals surface area contributed by atoms with E-state index in [0.29, 0.717) is 18.0 Å². The van der Waals surface area contributed by atoms with E-state index in [4.69, 9.17) is 9.84 Å². The van der Waals surface area contributed by atoms with Crippen molar-refractivity contribution in [3.8, 4) is 0 Å². The lowest BCUT2D eigenvalue weighted by molar-refractivity contribution is -0.0166. The minimum atomic E-state index is -0.415. The highest BCUT2D eigenvalue weighted by Crippen LogP contribution is 2.49. The summed E-state index contributed by atoms with van der Waals surface area (Å²) < 4.78 is 5.42. The van der Waals surface area contributed by atoms with Gasteiger partial charge in [-0.1, -0.05) is 0 Å². The van der Waals surface area contributed by atoms with Gasteiger partial charge in [0, 0.05) is 25.7 Å². The zero-order valence-corrected chi connectivity index (χ0v) is 12.9. The van der Waals surface area contributed by atoms with Crippen molar-refractivity contribution in [2.45, 2.75) is 58.1 Å². The van der Waals surface area contributed by atoms with Gasteiger partial charge in [-0.05, 0) is 51.9 Å². The van der Waals surface area contributed by atoms with Crippen molar-refractivity contribution in [3.63, 3.8) is 0 Å². The molecule has 2 N–H and O–H groups in total. The molecule has 1 heterocycles. The molecule has 0 bridgehead atoms. The van der Waals surface area contributed by atoms with Crippen LogP contribution in [-0.4, -0.2) is 54.0 Å². The number of likely N-dealkylation sites (tertiary alicyclic amines) is 1. The predicted octanol–water partition coefficient (Wildman–Crippen LogP) is 1.75. The van der Waals surface area contributed by atoms with Crippen LogP contribution in [0.4, 0.5) is 4.79 Å². The van der Waals surface area contributed by atoms with Crippen LogP contribution in [-0.2, 0) is 4.74 Å². The topological polar surface area (TPSA) is 61.8 Å². The maximum atomic E-state index is 12.0. The second kappa shape index (κ2) is 5.90. The first-order valence-electron chi connectivity index (χ1n) is 7.66. The van der Waals surface area contributed by atoms with Crippen molar-refractivity contribution in [3.05, 3.63) is 0 Å². The lowest BCUT2D eigenvalue weighted by atomic mass is 9.60. The normalized spacial score (nSPS) is 22.7. The molecule has 0 unspecified atom stereocenters. The van der Waals surface area contributed by atoms with Crippen LogP contribution < -0.4 is 5.32 Å². The fourth-order valence-corrected chi connectivity index (χ4v) is 3.30. The maximum Gasteiger partial charge on any atom is 0.410 e. The Kier molecular flexibility index (Phi) is 4.59. The first kappa shape index (κ1) is 15.6. The van der Waals surface area contributed by atoms with Gasteiger partial charge in [-0.15, -0.1) is 0 Å². The molecular formula is C15H28N2O3. The van der Waals surface area contributed by atoms with Crippen molar-refractivity contribution < 1.29 is 14.6 Å². The third kappa shape index (κ3) is 3.85. The Balaban J connectivity index is 1.72. The van der Waals surface area contributed by atoms with Crippen molar-refractivity contribution in [1.29, 1.82) is 0 Å². The summed E-state index contributed by atoms with van der Waals surface area (Å²) in [6.07, 6.45) is 4.32. The van der Waals surface area contributed by atoms with Gasteiger partial charge in [-0.2, -0.15) is 0 Å². The van der Waals surface area contributed by atoms with E-state index in [9.17, 15) is 4.79 Å². The summed E-state index contributed by atoms with van der Waals surface area (Å²) in [4.78, 5) is 13.8. The van der Waals surface area contributed by atoms with Gasteiger partial charge in [0.2, 0.25) is 0 Å². The Morgan fingerprint density at radius 2 is 1.95 bits per heavy atom. The number of rotatable bonds is 3. The average Bonchev–Trinajstić information content (AvgIpc) is 2.32. The number of amides is 1. The van der Waals surface area contributed by atoms with Gasteiger partial charge in [0.15, 0.2) is 0 Å². The number of carbonyl (C=O) groups is 1. The van der Waals surface area contributed by atoms with Crippen LogP contribution in [0.3, 0.4) is 0 Å². The Hall–Kier alpha value is -0.810. The summed E-state index contributed by atoms with van der Waals surface area (Å²) in [5.41, 5.74) is 0.00757. The quantitative estimate of drug-likeness (QED) is 0.829. The highest BCUT2D eigenvalue weighted by atomic mass is 16.6. The molecule has 0 aromatic heterocycles. The number of nitrogens with zero attached hydrogens (tertiary/aromatic N) is 1. The molecule has 2 fully saturated rings. The van der Waals surface area contributed by atoms with Crippen LogP contribution in [0, 0.1) is 5.41 Å².